The van der Waals surface area contributed by atoms with Gasteiger partial charge in [-0.2, -0.15) is 5.26 Å². The molecule has 0 saturated heterocycles. The zero-order valence-corrected chi connectivity index (χ0v) is 16.1. The first-order chi connectivity index (χ1) is 12.9. The van der Waals surface area contributed by atoms with Gasteiger partial charge in [-0.15, -0.1) is 0 Å². The number of hydrogen-bond donors (Lipinski definition) is 0. The Kier molecular flexibility index (Phi) is 5.22. The second kappa shape index (κ2) is 7.43. The van der Waals surface area contributed by atoms with E-state index in [2.05, 4.69) is 0 Å². The first-order valence-corrected chi connectivity index (χ1v) is 8.87. The van der Waals surface area contributed by atoms with Gasteiger partial charge in [0.1, 0.15) is 23.2 Å². The van der Waals surface area contributed by atoms with E-state index in [9.17, 15) is 14.9 Å². The third-order valence-electron chi connectivity index (χ3n) is 4.25. The highest BCUT2D eigenvalue weighted by atomic mass is 35.5. The van der Waals surface area contributed by atoms with Gasteiger partial charge in [0.25, 0.3) is 11.8 Å². The summed E-state index contributed by atoms with van der Waals surface area (Å²) in [5.74, 6) is -0.118. The standard InChI is InChI=1S/C20H14Cl2N2O3/c1-3-24-19(25)15(11(2)16(10-23)20(24)26)9-13-5-7-18(27-13)14-6-4-12(21)8-17(14)22/h4-9H,3H2,1-2H3/b15-9+. The summed E-state index contributed by atoms with van der Waals surface area (Å²) >= 11 is 12.1. The summed E-state index contributed by atoms with van der Waals surface area (Å²) in [7, 11) is 0. The van der Waals surface area contributed by atoms with Crippen molar-refractivity contribution in [1.82, 2.24) is 4.90 Å². The van der Waals surface area contributed by atoms with E-state index >= 15 is 0 Å². The van der Waals surface area contributed by atoms with Crippen LogP contribution in [0.25, 0.3) is 17.4 Å². The van der Waals surface area contributed by atoms with Crippen molar-refractivity contribution >= 4 is 41.1 Å². The number of imide groups is 1. The Balaban J connectivity index is 2.05. The van der Waals surface area contributed by atoms with Crippen LogP contribution < -0.4 is 0 Å². The predicted molar refractivity (Wildman–Crippen MR) is 103 cm³/mol. The number of benzene rings is 1. The van der Waals surface area contributed by atoms with E-state index in [1.165, 1.54) is 6.08 Å². The summed E-state index contributed by atoms with van der Waals surface area (Å²) in [6, 6.07) is 10.3. The van der Waals surface area contributed by atoms with E-state index in [1.54, 1.807) is 44.2 Å². The van der Waals surface area contributed by atoms with Crippen molar-refractivity contribution in [3.8, 4) is 17.4 Å². The Morgan fingerprint density at radius 2 is 1.93 bits per heavy atom. The van der Waals surface area contributed by atoms with Gasteiger partial charge in [-0.3, -0.25) is 14.5 Å². The lowest BCUT2D eigenvalue weighted by atomic mass is 9.95. The normalized spacial score (nSPS) is 16.3. The zero-order chi connectivity index (χ0) is 19.7. The minimum atomic E-state index is -0.576. The fourth-order valence-corrected chi connectivity index (χ4v) is 3.33. The molecule has 1 aromatic carbocycles. The van der Waals surface area contributed by atoms with Gasteiger partial charge in [0, 0.05) is 22.7 Å². The van der Waals surface area contributed by atoms with Crippen LogP contribution in [0.15, 0.2) is 51.5 Å². The number of hydrogen-bond acceptors (Lipinski definition) is 4. The molecule has 3 rings (SSSR count). The molecule has 2 amide bonds. The monoisotopic (exact) mass is 400 g/mol. The molecule has 0 atom stereocenters. The van der Waals surface area contributed by atoms with Crippen molar-refractivity contribution in [2.75, 3.05) is 6.54 Å². The minimum Gasteiger partial charge on any atom is -0.457 e. The van der Waals surface area contributed by atoms with Crippen LogP contribution in [-0.4, -0.2) is 23.3 Å². The molecule has 0 N–H and O–H groups in total. The van der Waals surface area contributed by atoms with Gasteiger partial charge < -0.3 is 4.42 Å². The van der Waals surface area contributed by atoms with Crippen molar-refractivity contribution in [3.63, 3.8) is 0 Å². The van der Waals surface area contributed by atoms with E-state index in [-0.39, 0.29) is 17.7 Å². The minimum absolute atomic E-state index is 0.0461. The summed E-state index contributed by atoms with van der Waals surface area (Å²) in [4.78, 5) is 25.9. The Labute approximate surface area is 166 Å². The molecule has 1 aromatic heterocycles. The number of rotatable bonds is 3. The number of carbonyl (C=O) groups excluding carboxylic acids is 2. The van der Waals surface area contributed by atoms with Crippen molar-refractivity contribution in [3.05, 3.63) is 62.9 Å². The molecular formula is C20H14Cl2N2O3. The lowest BCUT2D eigenvalue weighted by molar-refractivity contribution is -0.140. The van der Waals surface area contributed by atoms with Crippen LogP contribution >= 0.6 is 23.2 Å². The molecule has 0 bridgehead atoms. The first kappa shape index (κ1) is 19.0. The fraction of sp³-hybridized carbons (Fsp3) is 0.150. The maximum atomic E-state index is 12.6. The first-order valence-electron chi connectivity index (χ1n) is 8.11. The smallest absolute Gasteiger partial charge is 0.271 e. The summed E-state index contributed by atoms with van der Waals surface area (Å²) < 4.78 is 5.79. The van der Waals surface area contributed by atoms with Gasteiger partial charge in [-0.05, 0) is 55.8 Å². The molecule has 7 heteroatoms. The zero-order valence-electron chi connectivity index (χ0n) is 14.5. The quantitative estimate of drug-likeness (QED) is 0.544. The number of halogens is 2. The Morgan fingerprint density at radius 1 is 1.19 bits per heavy atom. The van der Waals surface area contributed by atoms with E-state index in [0.717, 1.165) is 4.90 Å². The Hall–Kier alpha value is -2.81. The summed E-state index contributed by atoms with van der Waals surface area (Å²) in [6.07, 6.45) is 1.53. The third kappa shape index (κ3) is 3.42. The molecule has 0 spiro atoms. The fourth-order valence-electron chi connectivity index (χ4n) is 2.82. The van der Waals surface area contributed by atoms with Crippen molar-refractivity contribution in [1.29, 1.82) is 5.26 Å². The van der Waals surface area contributed by atoms with Crippen molar-refractivity contribution in [2.45, 2.75) is 13.8 Å². The summed E-state index contributed by atoms with van der Waals surface area (Å²) in [5.41, 5.74) is 1.20. The topological polar surface area (TPSA) is 74.3 Å². The molecule has 2 heterocycles. The third-order valence-corrected chi connectivity index (χ3v) is 4.80. The highest BCUT2D eigenvalue weighted by molar-refractivity contribution is 6.36. The second-order valence-electron chi connectivity index (χ2n) is 5.85. The van der Waals surface area contributed by atoms with E-state index in [0.29, 0.717) is 32.7 Å². The lowest BCUT2D eigenvalue weighted by Crippen LogP contribution is -2.42. The van der Waals surface area contributed by atoms with Crippen LogP contribution in [0.5, 0.6) is 0 Å². The van der Waals surface area contributed by atoms with Crippen molar-refractivity contribution in [2.24, 2.45) is 0 Å². The number of likely N-dealkylation sites (N-methyl/N-ethyl adjacent to an activating group) is 1. The van der Waals surface area contributed by atoms with Crippen LogP contribution in [0.2, 0.25) is 10.0 Å². The molecule has 0 saturated carbocycles. The molecule has 1 aliphatic heterocycles. The van der Waals surface area contributed by atoms with E-state index in [4.69, 9.17) is 27.6 Å². The largest absolute Gasteiger partial charge is 0.457 e. The van der Waals surface area contributed by atoms with Gasteiger partial charge in [-0.1, -0.05) is 23.2 Å². The van der Waals surface area contributed by atoms with Crippen LogP contribution in [0, 0.1) is 11.3 Å². The summed E-state index contributed by atoms with van der Waals surface area (Å²) in [5, 5.41) is 10.2. The van der Waals surface area contributed by atoms with Gasteiger partial charge >= 0.3 is 0 Å². The molecule has 0 fully saturated rings. The van der Waals surface area contributed by atoms with E-state index in [1.807, 2.05) is 6.07 Å². The Bertz CT molecular complexity index is 1060. The average molecular weight is 401 g/mol. The van der Waals surface area contributed by atoms with Gasteiger partial charge in [0.2, 0.25) is 0 Å². The maximum Gasteiger partial charge on any atom is 0.271 e. The molecule has 5 nitrogen and oxygen atoms in total. The van der Waals surface area contributed by atoms with Crippen LogP contribution in [0.1, 0.15) is 19.6 Å². The van der Waals surface area contributed by atoms with Crippen LogP contribution in [-0.2, 0) is 9.59 Å². The molecular weight excluding hydrogens is 387 g/mol. The number of carbonyl (C=O) groups is 2. The molecule has 1 aliphatic rings. The summed E-state index contributed by atoms with van der Waals surface area (Å²) in [6.45, 7) is 3.43. The SMILES string of the molecule is CCN1C(=O)C(C#N)=C(C)/C(=C\c2ccc(-c3ccc(Cl)cc3Cl)o2)C1=O. The number of nitrogens with zero attached hydrogens (tertiary/aromatic N) is 2. The highest BCUT2D eigenvalue weighted by Gasteiger charge is 2.34. The molecule has 2 aromatic rings. The van der Waals surface area contributed by atoms with Gasteiger partial charge in [0.15, 0.2) is 0 Å². The maximum absolute atomic E-state index is 12.6. The number of furan rings is 1. The Morgan fingerprint density at radius 3 is 2.56 bits per heavy atom. The second-order valence-corrected chi connectivity index (χ2v) is 6.69. The lowest BCUT2D eigenvalue weighted by Gasteiger charge is -2.25. The van der Waals surface area contributed by atoms with Crippen molar-refractivity contribution < 1.29 is 14.0 Å². The van der Waals surface area contributed by atoms with Gasteiger partial charge in [0.05, 0.1) is 5.02 Å². The number of nitriles is 1. The molecule has 136 valence electrons. The van der Waals surface area contributed by atoms with Crippen LogP contribution in [0.3, 0.4) is 0 Å². The predicted octanol–water partition coefficient (Wildman–Crippen LogP) is 4.87. The molecule has 0 aliphatic carbocycles. The highest BCUT2D eigenvalue weighted by Crippen LogP contribution is 2.33. The van der Waals surface area contributed by atoms with E-state index < -0.39 is 11.8 Å². The molecule has 0 unspecified atom stereocenters. The van der Waals surface area contributed by atoms with Gasteiger partial charge in [-0.25, -0.2) is 0 Å². The molecule has 0 radical (unpaired) electrons. The average Bonchev–Trinajstić information content (AvgIpc) is 3.08. The van der Waals surface area contributed by atoms with Crippen LogP contribution in [0.4, 0.5) is 0 Å². The number of amides is 2. The molecule has 27 heavy (non-hydrogen) atoms.